The van der Waals surface area contributed by atoms with Crippen molar-refractivity contribution in [3.63, 3.8) is 0 Å². The monoisotopic (exact) mass is 278 g/mol. The summed E-state index contributed by atoms with van der Waals surface area (Å²) in [7, 11) is 3.15. The summed E-state index contributed by atoms with van der Waals surface area (Å²) in [5.74, 6) is -0.203. The molecule has 3 rings (SSSR count). The van der Waals surface area contributed by atoms with Crippen LogP contribution in [-0.2, 0) is 9.59 Å². The van der Waals surface area contributed by atoms with Crippen LogP contribution in [0, 0.1) is 0 Å². The van der Waals surface area contributed by atoms with Gasteiger partial charge in [0.25, 0.3) is 0 Å². The second-order valence-electron chi connectivity index (χ2n) is 3.99. The number of carbonyl (C=O) groups excluding carboxylic acids is 2. The average Bonchev–Trinajstić information content (AvgIpc) is 2.97. The minimum atomic E-state index is -0.102. The number of hydrogen-bond donors (Lipinski definition) is 0. The molecule has 2 aliphatic heterocycles. The van der Waals surface area contributed by atoms with E-state index in [2.05, 4.69) is 4.98 Å². The Morgan fingerprint density at radius 2 is 2.00 bits per heavy atom. The molecule has 2 amide bonds. The Labute approximate surface area is 112 Å². The smallest absolute Gasteiger partial charge is 0.234 e. The Bertz CT molecular complexity index is 514. The summed E-state index contributed by atoms with van der Waals surface area (Å²) in [6, 6.07) is 5.69. The zero-order valence-electron chi connectivity index (χ0n) is 9.41. The van der Waals surface area contributed by atoms with E-state index in [4.69, 9.17) is 0 Å². The van der Waals surface area contributed by atoms with E-state index in [-0.39, 0.29) is 17.1 Å². The zero-order valence-corrected chi connectivity index (χ0v) is 11.0. The van der Waals surface area contributed by atoms with Gasteiger partial charge < -0.3 is 0 Å². The lowest BCUT2D eigenvalue weighted by atomic mass is 10.2. The van der Waals surface area contributed by atoms with Gasteiger partial charge in [-0.05, 0) is 12.1 Å². The van der Waals surface area contributed by atoms with Crippen LogP contribution in [0.3, 0.4) is 0 Å². The third-order valence-electron chi connectivity index (χ3n) is 2.86. The van der Waals surface area contributed by atoms with Gasteiger partial charge in [0.1, 0.15) is 0 Å². The van der Waals surface area contributed by atoms with Crippen LogP contribution in [0.15, 0.2) is 35.5 Å². The van der Waals surface area contributed by atoms with E-state index in [1.807, 2.05) is 23.6 Å². The molecular weight excluding hydrogens is 268 g/mol. The number of hydrogen-bond acceptors (Lipinski definition) is 5. The maximum atomic E-state index is 11.8. The van der Waals surface area contributed by atoms with Crippen LogP contribution in [0.1, 0.15) is 23.8 Å². The van der Waals surface area contributed by atoms with Crippen LogP contribution in [-0.4, -0.2) is 21.7 Å². The lowest BCUT2D eigenvalue weighted by Gasteiger charge is -2.20. The molecule has 92 valence electrons. The minimum absolute atomic E-state index is 0.0396. The number of imide groups is 1. The molecule has 0 N–H and O–H groups in total. The van der Waals surface area contributed by atoms with Gasteiger partial charge in [-0.1, -0.05) is 27.7 Å². The van der Waals surface area contributed by atoms with Gasteiger partial charge in [0, 0.05) is 24.4 Å². The van der Waals surface area contributed by atoms with Crippen molar-refractivity contribution in [1.82, 2.24) is 9.88 Å². The summed E-state index contributed by atoms with van der Waals surface area (Å²) in [4.78, 5) is 29.2. The fourth-order valence-electron chi connectivity index (χ4n) is 2.01. The normalized spacial score (nSPS) is 23.7. The Morgan fingerprint density at radius 1 is 1.22 bits per heavy atom. The molecule has 1 atom stereocenters. The summed E-state index contributed by atoms with van der Waals surface area (Å²) in [6.45, 7) is 0. The molecule has 1 unspecified atom stereocenters. The molecule has 4 nitrogen and oxygen atoms in total. The second kappa shape index (κ2) is 4.78. The van der Waals surface area contributed by atoms with E-state index < -0.39 is 0 Å². The van der Waals surface area contributed by atoms with E-state index in [0.29, 0.717) is 12.8 Å². The predicted octanol–water partition coefficient (Wildman–Crippen LogP) is 2.51. The number of nitrogens with zero attached hydrogens (tertiary/aromatic N) is 2. The fraction of sp³-hybridized carbons (Fsp3) is 0.250. The largest absolute Gasteiger partial charge is 0.274 e. The highest BCUT2D eigenvalue weighted by molar-refractivity contribution is 8.78. The maximum Gasteiger partial charge on any atom is 0.234 e. The standard InChI is InChI=1S/C12H10N2O2S2/c15-10-4-5-11(16)14(10)9-7-17-18-12(9)8-3-1-2-6-13-8/h1-3,6-7,12H,4-5H2. The van der Waals surface area contributed by atoms with Crippen LogP contribution in [0.25, 0.3) is 0 Å². The quantitative estimate of drug-likeness (QED) is 0.614. The molecule has 1 aromatic rings. The van der Waals surface area contributed by atoms with Crippen molar-refractivity contribution in [3.8, 4) is 0 Å². The first kappa shape index (κ1) is 11.8. The molecule has 18 heavy (non-hydrogen) atoms. The van der Waals surface area contributed by atoms with Crippen molar-refractivity contribution in [2.45, 2.75) is 18.1 Å². The lowest BCUT2D eigenvalue weighted by molar-refractivity contribution is -0.136. The molecule has 6 heteroatoms. The van der Waals surface area contributed by atoms with Gasteiger partial charge in [-0.15, -0.1) is 0 Å². The summed E-state index contributed by atoms with van der Waals surface area (Å²) < 4.78 is 0. The SMILES string of the molecule is O=C1CCC(=O)N1C1=CSSC1c1ccccn1. The predicted molar refractivity (Wildman–Crippen MR) is 71.3 cm³/mol. The van der Waals surface area contributed by atoms with Crippen LogP contribution in [0.4, 0.5) is 0 Å². The molecule has 0 radical (unpaired) electrons. The third-order valence-corrected chi connectivity index (χ3v) is 5.18. The number of amides is 2. The molecule has 0 spiro atoms. The Kier molecular flexibility index (Phi) is 3.13. The van der Waals surface area contributed by atoms with Crippen molar-refractivity contribution in [2.24, 2.45) is 0 Å². The molecule has 2 aliphatic rings. The van der Waals surface area contributed by atoms with Gasteiger partial charge in [0.05, 0.1) is 16.6 Å². The molecule has 1 fully saturated rings. The van der Waals surface area contributed by atoms with E-state index >= 15 is 0 Å². The first-order valence-electron chi connectivity index (χ1n) is 5.56. The highest BCUT2D eigenvalue weighted by atomic mass is 33.1. The zero-order chi connectivity index (χ0) is 12.5. The highest BCUT2D eigenvalue weighted by Crippen LogP contribution is 2.51. The molecule has 0 aliphatic carbocycles. The van der Waals surface area contributed by atoms with Gasteiger partial charge in [-0.2, -0.15) is 0 Å². The molecule has 0 bridgehead atoms. The number of likely N-dealkylation sites (tertiary alicyclic amines) is 1. The van der Waals surface area contributed by atoms with Gasteiger partial charge >= 0.3 is 0 Å². The number of pyridine rings is 1. The van der Waals surface area contributed by atoms with Gasteiger partial charge in [0.2, 0.25) is 11.8 Å². The number of rotatable bonds is 2. The fourth-order valence-corrected chi connectivity index (χ4v) is 4.50. The minimum Gasteiger partial charge on any atom is -0.274 e. The molecular formula is C12H10N2O2S2. The number of carbonyl (C=O) groups is 2. The average molecular weight is 278 g/mol. The van der Waals surface area contributed by atoms with Crippen molar-refractivity contribution in [3.05, 3.63) is 41.2 Å². The van der Waals surface area contributed by atoms with Crippen molar-refractivity contribution in [2.75, 3.05) is 0 Å². The van der Waals surface area contributed by atoms with Crippen molar-refractivity contribution in [1.29, 1.82) is 0 Å². The van der Waals surface area contributed by atoms with E-state index in [1.165, 1.54) is 4.90 Å². The third kappa shape index (κ3) is 1.95. The molecule has 0 saturated carbocycles. The van der Waals surface area contributed by atoms with E-state index in [1.54, 1.807) is 27.8 Å². The van der Waals surface area contributed by atoms with Crippen LogP contribution >= 0.6 is 21.6 Å². The maximum absolute atomic E-state index is 11.8. The summed E-state index contributed by atoms with van der Waals surface area (Å²) in [5.41, 5.74) is 1.64. The highest BCUT2D eigenvalue weighted by Gasteiger charge is 2.38. The topological polar surface area (TPSA) is 50.3 Å². The first-order chi connectivity index (χ1) is 8.77. The van der Waals surface area contributed by atoms with Crippen molar-refractivity contribution >= 4 is 33.4 Å². The Morgan fingerprint density at radius 3 is 2.67 bits per heavy atom. The van der Waals surface area contributed by atoms with Gasteiger partial charge in [-0.3, -0.25) is 19.5 Å². The molecule has 1 saturated heterocycles. The van der Waals surface area contributed by atoms with Crippen LogP contribution in [0.2, 0.25) is 0 Å². The molecule has 1 aromatic heterocycles. The van der Waals surface area contributed by atoms with Gasteiger partial charge in [0.15, 0.2) is 0 Å². The summed E-state index contributed by atoms with van der Waals surface area (Å²) >= 11 is 0. The Hall–Kier alpha value is -1.27. The lowest BCUT2D eigenvalue weighted by Crippen LogP contribution is -2.29. The molecule has 0 aromatic carbocycles. The van der Waals surface area contributed by atoms with E-state index in [0.717, 1.165) is 11.4 Å². The molecule has 3 heterocycles. The summed E-state index contributed by atoms with van der Waals surface area (Å²) in [6.07, 6.45) is 2.37. The second-order valence-corrected chi connectivity index (χ2v) is 6.24. The number of aromatic nitrogens is 1. The Balaban J connectivity index is 1.92. The van der Waals surface area contributed by atoms with Gasteiger partial charge in [-0.25, -0.2) is 0 Å². The summed E-state index contributed by atoms with van der Waals surface area (Å²) in [5, 5.41) is 1.84. The van der Waals surface area contributed by atoms with Crippen LogP contribution < -0.4 is 0 Å². The van der Waals surface area contributed by atoms with Crippen molar-refractivity contribution < 1.29 is 9.59 Å². The van der Waals surface area contributed by atoms with Crippen LogP contribution in [0.5, 0.6) is 0 Å². The van der Waals surface area contributed by atoms with E-state index in [9.17, 15) is 9.59 Å². The first-order valence-corrected chi connectivity index (χ1v) is 7.84.